The van der Waals surface area contributed by atoms with Crippen molar-refractivity contribution in [2.24, 2.45) is 0 Å². The number of carbonyl (C=O) groups is 1. The first-order chi connectivity index (χ1) is 8.95. The van der Waals surface area contributed by atoms with Crippen molar-refractivity contribution in [1.82, 2.24) is 15.5 Å². The Labute approximate surface area is 116 Å². The van der Waals surface area contributed by atoms with Gasteiger partial charge in [-0.2, -0.15) is 0 Å². The third-order valence-corrected chi connectivity index (χ3v) is 4.01. The molecule has 0 bridgehead atoms. The second-order valence-corrected chi connectivity index (χ2v) is 6.62. The van der Waals surface area contributed by atoms with Crippen LogP contribution in [0.5, 0.6) is 0 Å². The molecule has 0 spiro atoms. The average Bonchev–Trinajstić information content (AvgIpc) is 2.78. The quantitative estimate of drug-likeness (QED) is 0.871. The summed E-state index contributed by atoms with van der Waals surface area (Å²) in [6.45, 7) is 8.30. The highest BCUT2D eigenvalue weighted by molar-refractivity contribution is 7.15. The standard InChI is InChI=1S/C12H20N4O2S/c1-12(2,3)10-15-16-11(19-10)14-9(17)6-8-7-18-5-4-13-8/h8,13H,4-7H2,1-3H3,(H,14,16,17). The number of anilines is 1. The highest BCUT2D eigenvalue weighted by Gasteiger charge is 2.21. The number of nitrogens with one attached hydrogen (secondary N) is 2. The van der Waals surface area contributed by atoms with Crippen molar-refractivity contribution in [3.63, 3.8) is 0 Å². The molecule has 1 unspecified atom stereocenters. The van der Waals surface area contributed by atoms with Crippen molar-refractivity contribution in [2.75, 3.05) is 25.1 Å². The maximum atomic E-state index is 11.9. The van der Waals surface area contributed by atoms with Gasteiger partial charge in [0.05, 0.1) is 13.2 Å². The van der Waals surface area contributed by atoms with E-state index in [0.29, 0.717) is 24.8 Å². The first-order valence-electron chi connectivity index (χ1n) is 6.40. The predicted octanol–water partition coefficient (Wildman–Crippen LogP) is 1.15. The minimum atomic E-state index is -0.0559. The number of amides is 1. The summed E-state index contributed by atoms with van der Waals surface area (Å²) in [5.41, 5.74) is -0.0423. The molecule has 2 rings (SSSR count). The number of hydrogen-bond donors (Lipinski definition) is 2. The highest BCUT2D eigenvalue weighted by Crippen LogP contribution is 2.27. The number of rotatable bonds is 3. The molecule has 1 aliphatic heterocycles. The second kappa shape index (κ2) is 5.94. The number of carbonyl (C=O) groups excluding carboxylic acids is 1. The molecule has 1 aromatic heterocycles. The van der Waals surface area contributed by atoms with Crippen LogP contribution in [0, 0.1) is 0 Å². The molecule has 0 saturated carbocycles. The van der Waals surface area contributed by atoms with Crippen LogP contribution in [0.2, 0.25) is 0 Å². The Hall–Kier alpha value is -1.05. The maximum Gasteiger partial charge on any atom is 0.227 e. The number of aromatic nitrogens is 2. The van der Waals surface area contributed by atoms with Gasteiger partial charge in [-0.1, -0.05) is 32.1 Å². The molecule has 1 saturated heterocycles. The van der Waals surface area contributed by atoms with Crippen molar-refractivity contribution >= 4 is 22.4 Å². The third kappa shape index (κ3) is 4.22. The number of ether oxygens (including phenoxy) is 1. The zero-order chi connectivity index (χ0) is 13.9. The molecule has 0 radical (unpaired) electrons. The fourth-order valence-electron chi connectivity index (χ4n) is 1.72. The zero-order valence-electron chi connectivity index (χ0n) is 11.5. The van der Waals surface area contributed by atoms with E-state index in [4.69, 9.17) is 4.74 Å². The summed E-state index contributed by atoms with van der Waals surface area (Å²) in [4.78, 5) is 11.9. The molecular formula is C12H20N4O2S. The number of hydrogen-bond acceptors (Lipinski definition) is 6. The SMILES string of the molecule is CC(C)(C)c1nnc(NC(=O)CC2COCCN2)s1. The first-order valence-corrected chi connectivity index (χ1v) is 7.22. The smallest absolute Gasteiger partial charge is 0.227 e. The Bertz CT molecular complexity index is 435. The van der Waals surface area contributed by atoms with Crippen LogP contribution in [0.3, 0.4) is 0 Å². The number of nitrogens with zero attached hydrogens (tertiary/aromatic N) is 2. The van der Waals surface area contributed by atoms with Crippen LogP contribution in [0.15, 0.2) is 0 Å². The normalized spacial score (nSPS) is 20.3. The lowest BCUT2D eigenvalue weighted by Gasteiger charge is -2.22. The van der Waals surface area contributed by atoms with E-state index in [1.165, 1.54) is 11.3 Å². The van der Waals surface area contributed by atoms with Gasteiger partial charge < -0.3 is 15.4 Å². The summed E-state index contributed by atoms with van der Waals surface area (Å²) < 4.78 is 5.31. The van der Waals surface area contributed by atoms with Gasteiger partial charge in [0.2, 0.25) is 11.0 Å². The lowest BCUT2D eigenvalue weighted by molar-refractivity contribution is -0.117. The van der Waals surface area contributed by atoms with E-state index < -0.39 is 0 Å². The van der Waals surface area contributed by atoms with Gasteiger partial charge in [-0.3, -0.25) is 4.79 Å². The zero-order valence-corrected chi connectivity index (χ0v) is 12.3. The summed E-state index contributed by atoms with van der Waals surface area (Å²) in [6.07, 6.45) is 0.393. The van der Waals surface area contributed by atoms with Crippen LogP contribution >= 0.6 is 11.3 Å². The van der Waals surface area contributed by atoms with Crippen molar-refractivity contribution < 1.29 is 9.53 Å². The van der Waals surface area contributed by atoms with E-state index in [-0.39, 0.29) is 17.4 Å². The predicted molar refractivity (Wildman–Crippen MR) is 74.5 cm³/mol. The highest BCUT2D eigenvalue weighted by atomic mass is 32.1. The molecule has 19 heavy (non-hydrogen) atoms. The van der Waals surface area contributed by atoms with Crippen molar-refractivity contribution in [3.8, 4) is 0 Å². The van der Waals surface area contributed by atoms with Crippen LogP contribution < -0.4 is 10.6 Å². The molecule has 6 nitrogen and oxygen atoms in total. The van der Waals surface area contributed by atoms with Crippen molar-refractivity contribution in [2.45, 2.75) is 38.6 Å². The monoisotopic (exact) mass is 284 g/mol. The van der Waals surface area contributed by atoms with Crippen molar-refractivity contribution in [3.05, 3.63) is 5.01 Å². The van der Waals surface area contributed by atoms with E-state index in [1.807, 2.05) is 0 Å². The molecular weight excluding hydrogens is 264 g/mol. The topological polar surface area (TPSA) is 76.1 Å². The minimum absolute atomic E-state index is 0.0423. The summed E-state index contributed by atoms with van der Waals surface area (Å²) in [7, 11) is 0. The maximum absolute atomic E-state index is 11.9. The molecule has 1 aliphatic rings. The van der Waals surface area contributed by atoms with E-state index in [1.54, 1.807) is 0 Å². The van der Waals surface area contributed by atoms with E-state index in [9.17, 15) is 4.79 Å². The van der Waals surface area contributed by atoms with Crippen LogP contribution in [-0.4, -0.2) is 41.9 Å². The van der Waals surface area contributed by atoms with Gasteiger partial charge in [0.15, 0.2) is 0 Å². The lowest BCUT2D eigenvalue weighted by Crippen LogP contribution is -2.43. The van der Waals surface area contributed by atoms with Crippen LogP contribution in [0.4, 0.5) is 5.13 Å². The molecule has 106 valence electrons. The van der Waals surface area contributed by atoms with E-state index >= 15 is 0 Å². The largest absolute Gasteiger partial charge is 0.378 e. The Morgan fingerprint density at radius 2 is 2.32 bits per heavy atom. The van der Waals surface area contributed by atoms with Gasteiger partial charge in [-0.15, -0.1) is 10.2 Å². The van der Waals surface area contributed by atoms with Gasteiger partial charge in [0.1, 0.15) is 5.01 Å². The molecule has 1 fully saturated rings. The van der Waals surface area contributed by atoms with E-state index in [0.717, 1.165) is 11.6 Å². The van der Waals surface area contributed by atoms with Crippen LogP contribution in [0.1, 0.15) is 32.2 Å². The fraction of sp³-hybridized carbons (Fsp3) is 0.750. The van der Waals surface area contributed by atoms with Crippen LogP contribution in [0.25, 0.3) is 0 Å². The Kier molecular flexibility index (Phi) is 4.49. The van der Waals surface area contributed by atoms with Gasteiger partial charge in [-0.25, -0.2) is 0 Å². The van der Waals surface area contributed by atoms with Gasteiger partial charge in [0, 0.05) is 24.4 Å². The van der Waals surface area contributed by atoms with Crippen molar-refractivity contribution in [1.29, 1.82) is 0 Å². The molecule has 0 aliphatic carbocycles. The fourth-order valence-corrected chi connectivity index (χ4v) is 2.54. The summed E-state index contributed by atoms with van der Waals surface area (Å²) in [6, 6.07) is 0.0868. The molecule has 2 heterocycles. The molecule has 7 heteroatoms. The summed E-state index contributed by atoms with van der Waals surface area (Å²) in [5, 5.41) is 15.6. The first kappa shape index (κ1) is 14.4. The Balaban J connectivity index is 1.86. The molecule has 2 N–H and O–H groups in total. The Morgan fingerprint density at radius 1 is 1.53 bits per heavy atom. The average molecular weight is 284 g/mol. The Morgan fingerprint density at radius 3 is 2.89 bits per heavy atom. The van der Waals surface area contributed by atoms with Gasteiger partial charge in [-0.05, 0) is 0 Å². The second-order valence-electron chi connectivity index (χ2n) is 5.64. The number of morpholine rings is 1. The van der Waals surface area contributed by atoms with Crippen LogP contribution in [-0.2, 0) is 14.9 Å². The summed E-state index contributed by atoms with van der Waals surface area (Å²) in [5.74, 6) is -0.0559. The summed E-state index contributed by atoms with van der Waals surface area (Å²) >= 11 is 1.42. The van der Waals surface area contributed by atoms with Gasteiger partial charge in [0.25, 0.3) is 0 Å². The minimum Gasteiger partial charge on any atom is -0.378 e. The van der Waals surface area contributed by atoms with Gasteiger partial charge >= 0.3 is 0 Å². The third-order valence-electron chi connectivity index (χ3n) is 2.74. The molecule has 1 amide bonds. The molecule has 1 aromatic rings. The van der Waals surface area contributed by atoms with E-state index in [2.05, 4.69) is 41.6 Å². The molecule has 1 atom stereocenters. The molecule has 0 aromatic carbocycles. The lowest BCUT2D eigenvalue weighted by atomic mass is 9.98.